The van der Waals surface area contributed by atoms with Crippen LogP contribution in [0.4, 0.5) is 0 Å². The number of hydrogen-bond donors (Lipinski definition) is 0. The van der Waals surface area contributed by atoms with Gasteiger partial charge in [-0.15, -0.1) is 17.8 Å². The minimum Gasteiger partial charge on any atom is -0.149 e. The normalized spacial score (nSPS) is 9.22. The number of allylic oxidation sites excluding steroid dienone is 4. The van der Waals surface area contributed by atoms with Crippen LogP contribution in [0.5, 0.6) is 0 Å². The van der Waals surface area contributed by atoms with Gasteiger partial charge in [-0.05, 0) is 37.8 Å². The van der Waals surface area contributed by atoms with Crippen molar-refractivity contribution in [3.63, 3.8) is 0 Å². The fraction of sp³-hybridized carbons (Fsp3) is 0.375. The van der Waals surface area contributed by atoms with E-state index in [1.54, 1.807) is 6.08 Å². The molecule has 0 unspecified atom stereocenters. The molecule has 18 heavy (non-hydrogen) atoms. The zero-order valence-corrected chi connectivity index (χ0v) is 16.2. The molecule has 0 amide bonds. The molecule has 98 valence electrons. The van der Waals surface area contributed by atoms with Crippen molar-refractivity contribution in [3.05, 3.63) is 46.2 Å². The van der Waals surface area contributed by atoms with Gasteiger partial charge >= 0.3 is 0 Å². The van der Waals surface area contributed by atoms with Crippen molar-refractivity contribution in [2.75, 3.05) is 0 Å². The molecule has 0 saturated heterocycles. The topological polar surface area (TPSA) is 0 Å². The van der Waals surface area contributed by atoms with Crippen LogP contribution >= 0.6 is 11.3 Å². The van der Waals surface area contributed by atoms with Gasteiger partial charge in [0.15, 0.2) is 0 Å². The average molecular weight is 393 g/mol. The summed E-state index contributed by atoms with van der Waals surface area (Å²) >= 11 is 1.82. The summed E-state index contributed by atoms with van der Waals surface area (Å²) in [4.78, 5) is 1.47. The average Bonchev–Trinajstić information content (AvgIpc) is 2.92. The molecule has 0 fully saturated rings. The maximum absolute atomic E-state index is 4.97. The quantitative estimate of drug-likeness (QED) is 0.462. The van der Waals surface area contributed by atoms with Crippen LogP contribution in [0.15, 0.2) is 41.3 Å². The maximum Gasteiger partial charge on any atom is 0.00424 e. The number of terminal acetylenes is 1. The summed E-state index contributed by atoms with van der Waals surface area (Å²) in [5.41, 5.74) is 1.20. The Morgan fingerprint density at radius 2 is 2.06 bits per heavy atom. The van der Waals surface area contributed by atoms with Crippen molar-refractivity contribution < 1.29 is 40.8 Å². The van der Waals surface area contributed by atoms with Crippen molar-refractivity contribution in [1.29, 1.82) is 0 Å². The molecule has 0 aliphatic rings. The molecule has 1 aromatic heterocycles. The molecule has 0 aliphatic carbocycles. The third-order valence-electron chi connectivity index (χ3n) is 1.83. The van der Waals surface area contributed by atoms with Gasteiger partial charge in [0.25, 0.3) is 0 Å². The zero-order chi connectivity index (χ0) is 13.5. The summed E-state index contributed by atoms with van der Waals surface area (Å²) in [5, 5.41) is 2.11. The number of aryl methyl sites for hydroxylation is 1. The van der Waals surface area contributed by atoms with Crippen LogP contribution in [0.25, 0.3) is 0 Å². The first-order chi connectivity index (χ1) is 8.24. The summed E-state index contributed by atoms with van der Waals surface area (Å²) in [6.07, 6.45) is 11.7. The van der Waals surface area contributed by atoms with Crippen molar-refractivity contribution >= 4 is 11.3 Å². The van der Waals surface area contributed by atoms with Gasteiger partial charge in [-0.25, -0.2) is 0 Å². The Morgan fingerprint density at radius 1 is 1.44 bits per heavy atom. The molecule has 0 bridgehead atoms. The number of thiophene rings is 1. The van der Waals surface area contributed by atoms with Crippen LogP contribution in [0.1, 0.15) is 39.5 Å². The minimum atomic E-state index is 0. The minimum absolute atomic E-state index is 0. The first-order valence-corrected chi connectivity index (χ1v) is 6.90. The van der Waals surface area contributed by atoms with Crippen molar-refractivity contribution in [3.8, 4) is 12.3 Å². The first-order valence-electron chi connectivity index (χ1n) is 6.02. The molecule has 0 atom stereocenters. The Morgan fingerprint density at radius 3 is 2.33 bits per heavy atom. The van der Waals surface area contributed by atoms with E-state index in [-0.39, 0.29) is 40.8 Å². The molecule has 1 aromatic rings. The SMILES string of the molecule is C#C/C=C\C(C)=C/C.CC.CCc1cccs1.[Nd]. The fourth-order valence-corrected chi connectivity index (χ4v) is 1.45. The first kappa shape index (κ1) is 23.2. The molecule has 0 N–H and O–H groups in total. The summed E-state index contributed by atoms with van der Waals surface area (Å²) in [7, 11) is 0. The van der Waals surface area contributed by atoms with E-state index in [0.29, 0.717) is 0 Å². The molecule has 0 aromatic carbocycles. The Labute approximate surface area is 150 Å². The smallest absolute Gasteiger partial charge is 0.00424 e. The van der Waals surface area contributed by atoms with Crippen LogP contribution in [0.2, 0.25) is 0 Å². The number of rotatable bonds is 2. The standard InChI is InChI=1S/C8H10.C6H8S.C2H6.Nd/c1-4-6-7-8(3)5-2;1-2-6-4-3-5-7-6;1-2;/h1,5-7H,2-3H3;3-5H,2H2,1H3;1-2H3;/b7-6-,8-5-;;;. The summed E-state index contributed by atoms with van der Waals surface area (Å²) in [5.74, 6) is 2.41. The van der Waals surface area contributed by atoms with Gasteiger partial charge in [-0.2, -0.15) is 0 Å². The van der Waals surface area contributed by atoms with E-state index in [2.05, 4.69) is 30.4 Å². The van der Waals surface area contributed by atoms with Crippen molar-refractivity contribution in [1.82, 2.24) is 0 Å². The van der Waals surface area contributed by atoms with E-state index >= 15 is 0 Å². The molecule has 0 aliphatic heterocycles. The monoisotopic (exact) mass is 390 g/mol. The maximum atomic E-state index is 4.97. The second-order valence-electron chi connectivity index (χ2n) is 2.97. The van der Waals surface area contributed by atoms with Gasteiger partial charge in [-0.1, -0.05) is 50.5 Å². The van der Waals surface area contributed by atoms with Gasteiger partial charge in [0.05, 0.1) is 0 Å². The van der Waals surface area contributed by atoms with E-state index < -0.39 is 0 Å². The molecule has 0 spiro atoms. The van der Waals surface area contributed by atoms with E-state index in [1.807, 2.05) is 51.2 Å². The van der Waals surface area contributed by atoms with E-state index in [1.165, 1.54) is 16.9 Å². The molecule has 0 nitrogen and oxygen atoms in total. The summed E-state index contributed by atoms with van der Waals surface area (Å²) < 4.78 is 0. The summed E-state index contributed by atoms with van der Waals surface area (Å²) in [6.45, 7) is 10.2. The third-order valence-corrected chi connectivity index (χ3v) is 2.85. The second-order valence-corrected chi connectivity index (χ2v) is 4.00. The van der Waals surface area contributed by atoms with E-state index in [0.717, 1.165) is 0 Å². The fourth-order valence-electron chi connectivity index (χ4n) is 0.790. The molecule has 1 heterocycles. The Bertz CT molecular complexity index is 340. The van der Waals surface area contributed by atoms with Crippen LogP contribution in [0, 0.1) is 53.2 Å². The predicted molar refractivity (Wildman–Crippen MR) is 82.4 cm³/mol. The van der Waals surface area contributed by atoms with E-state index in [4.69, 9.17) is 6.42 Å². The molecule has 0 radical (unpaired) electrons. The Hall–Kier alpha value is 0.0906. The molecule has 2 heteroatoms. The molecule has 1 rings (SSSR count). The number of hydrogen-bond acceptors (Lipinski definition) is 1. The van der Waals surface area contributed by atoms with Gasteiger partial charge in [-0.3, -0.25) is 0 Å². The summed E-state index contributed by atoms with van der Waals surface area (Å²) in [6, 6.07) is 4.24. The van der Waals surface area contributed by atoms with Gasteiger partial charge < -0.3 is 0 Å². The van der Waals surface area contributed by atoms with Crippen molar-refractivity contribution in [2.24, 2.45) is 0 Å². The second kappa shape index (κ2) is 19.4. The Balaban J connectivity index is -0.000000210. The van der Waals surface area contributed by atoms with Crippen LogP contribution in [-0.2, 0) is 6.42 Å². The van der Waals surface area contributed by atoms with Crippen LogP contribution in [0.3, 0.4) is 0 Å². The molecular weight excluding hydrogens is 368 g/mol. The van der Waals surface area contributed by atoms with E-state index in [9.17, 15) is 0 Å². The largest absolute Gasteiger partial charge is 0.149 e. The molecular formula is C16H24NdS. The molecule has 0 saturated carbocycles. The van der Waals surface area contributed by atoms with Crippen LogP contribution in [-0.4, -0.2) is 0 Å². The van der Waals surface area contributed by atoms with Gasteiger partial charge in [0, 0.05) is 45.7 Å². The van der Waals surface area contributed by atoms with Gasteiger partial charge in [0.2, 0.25) is 0 Å². The third kappa shape index (κ3) is 16.1. The predicted octanol–water partition coefficient (Wildman–Crippen LogP) is 5.48. The van der Waals surface area contributed by atoms with Crippen LogP contribution < -0.4 is 0 Å². The van der Waals surface area contributed by atoms with Gasteiger partial charge in [0.1, 0.15) is 0 Å². The van der Waals surface area contributed by atoms with Crippen molar-refractivity contribution in [2.45, 2.75) is 41.0 Å². The Kier molecular flexibility index (Phi) is 25.0. The zero-order valence-electron chi connectivity index (χ0n) is 12.2.